The molecule has 1 aliphatic heterocycles. The number of hydrogen-bond donors (Lipinski definition) is 1. The van der Waals surface area contributed by atoms with Gasteiger partial charge in [-0.3, -0.25) is 4.79 Å². The molecule has 1 heterocycles. The third kappa shape index (κ3) is 3.17. The van der Waals surface area contributed by atoms with E-state index in [9.17, 15) is 19.1 Å². The fourth-order valence-electron chi connectivity index (χ4n) is 2.42. The van der Waals surface area contributed by atoms with E-state index in [1.807, 2.05) is 0 Å². The van der Waals surface area contributed by atoms with E-state index in [2.05, 4.69) is 15.9 Å². The number of carboxylic acid groups (broad SMARTS) is 1. The van der Waals surface area contributed by atoms with Crippen molar-refractivity contribution in [3.63, 3.8) is 0 Å². The molecule has 0 aromatic heterocycles. The molecule has 0 saturated carbocycles. The third-order valence-electron chi connectivity index (χ3n) is 3.49. The molecule has 1 fully saturated rings. The number of rotatable bonds is 5. The van der Waals surface area contributed by atoms with Gasteiger partial charge in [-0.05, 0) is 17.5 Å². The Morgan fingerprint density at radius 2 is 2.20 bits per heavy atom. The van der Waals surface area contributed by atoms with Crippen LogP contribution in [-0.4, -0.2) is 39.8 Å². The Kier molecular flexibility index (Phi) is 4.75. The van der Waals surface area contributed by atoms with E-state index in [0.29, 0.717) is 23.9 Å². The van der Waals surface area contributed by atoms with Crippen molar-refractivity contribution in [1.29, 1.82) is 0 Å². The molecule has 1 aromatic rings. The first-order valence-corrected chi connectivity index (χ1v) is 7.46. The van der Waals surface area contributed by atoms with Crippen molar-refractivity contribution in [1.82, 2.24) is 4.90 Å². The summed E-state index contributed by atoms with van der Waals surface area (Å²) in [6, 6.07) is 5.04. The SMILES string of the molecule is O=C(O)[C@@H](Cc1ccccc1F)N1CC(CBr)CC1=O. The summed E-state index contributed by atoms with van der Waals surface area (Å²) in [4.78, 5) is 24.7. The lowest BCUT2D eigenvalue weighted by atomic mass is 10.0. The van der Waals surface area contributed by atoms with Crippen molar-refractivity contribution < 1.29 is 19.1 Å². The summed E-state index contributed by atoms with van der Waals surface area (Å²) in [5.41, 5.74) is 0.315. The second kappa shape index (κ2) is 6.35. The Hall–Kier alpha value is -1.43. The smallest absolute Gasteiger partial charge is 0.326 e. The van der Waals surface area contributed by atoms with Crippen LogP contribution < -0.4 is 0 Å². The number of carboxylic acids is 1. The first-order valence-electron chi connectivity index (χ1n) is 6.34. The number of nitrogens with zero attached hydrogens (tertiary/aromatic N) is 1. The zero-order valence-corrected chi connectivity index (χ0v) is 12.3. The van der Waals surface area contributed by atoms with Crippen LogP contribution in [0.15, 0.2) is 24.3 Å². The van der Waals surface area contributed by atoms with Crippen LogP contribution in [0.25, 0.3) is 0 Å². The number of amides is 1. The van der Waals surface area contributed by atoms with Gasteiger partial charge >= 0.3 is 5.97 Å². The number of alkyl halides is 1. The van der Waals surface area contributed by atoms with Gasteiger partial charge in [-0.2, -0.15) is 0 Å². The van der Waals surface area contributed by atoms with Gasteiger partial charge in [0.05, 0.1) is 0 Å². The van der Waals surface area contributed by atoms with Crippen molar-refractivity contribution in [2.24, 2.45) is 5.92 Å². The standard InChI is InChI=1S/C14H15BrFNO3/c15-7-9-5-13(18)17(8-9)12(14(19)20)6-10-3-1-2-4-11(10)16/h1-4,9,12H,5-8H2,(H,19,20)/t9?,12-/m1/s1. The summed E-state index contributed by atoms with van der Waals surface area (Å²) in [5.74, 6) is -1.61. The second-order valence-corrected chi connectivity index (χ2v) is 5.57. The molecule has 2 atom stereocenters. The predicted octanol–water partition coefficient (Wildman–Crippen LogP) is 2.06. The van der Waals surface area contributed by atoms with Gasteiger partial charge in [0.1, 0.15) is 11.9 Å². The van der Waals surface area contributed by atoms with Crippen LogP contribution in [0.3, 0.4) is 0 Å². The number of hydrogen-bond acceptors (Lipinski definition) is 2. The van der Waals surface area contributed by atoms with E-state index in [4.69, 9.17) is 0 Å². The summed E-state index contributed by atoms with van der Waals surface area (Å²) in [6.45, 7) is 0.398. The van der Waals surface area contributed by atoms with Gasteiger partial charge in [-0.25, -0.2) is 9.18 Å². The number of carbonyl (C=O) groups is 2. The van der Waals surface area contributed by atoms with Crippen LogP contribution in [0.2, 0.25) is 0 Å². The molecule has 0 bridgehead atoms. The van der Waals surface area contributed by atoms with Crippen LogP contribution >= 0.6 is 15.9 Å². The van der Waals surface area contributed by atoms with Crippen molar-refractivity contribution in [3.8, 4) is 0 Å². The van der Waals surface area contributed by atoms with Gasteiger partial charge in [0.2, 0.25) is 5.91 Å². The van der Waals surface area contributed by atoms with Crippen molar-refractivity contribution in [2.45, 2.75) is 18.9 Å². The summed E-state index contributed by atoms with van der Waals surface area (Å²) < 4.78 is 13.6. The lowest BCUT2D eigenvalue weighted by Crippen LogP contribution is -2.44. The Bertz CT molecular complexity index is 523. The molecule has 0 aliphatic carbocycles. The molecule has 0 radical (unpaired) electrons. The number of likely N-dealkylation sites (tertiary alicyclic amines) is 1. The first kappa shape index (κ1) is 15.0. The molecule has 20 heavy (non-hydrogen) atoms. The van der Waals surface area contributed by atoms with E-state index >= 15 is 0 Å². The monoisotopic (exact) mass is 343 g/mol. The second-order valence-electron chi connectivity index (χ2n) is 4.92. The minimum atomic E-state index is -1.10. The van der Waals surface area contributed by atoms with Crippen LogP contribution in [0.5, 0.6) is 0 Å². The number of aliphatic carboxylic acids is 1. The maximum atomic E-state index is 13.6. The molecular weight excluding hydrogens is 329 g/mol. The van der Waals surface area contributed by atoms with Crippen LogP contribution in [0.1, 0.15) is 12.0 Å². The van der Waals surface area contributed by atoms with E-state index in [-0.39, 0.29) is 18.2 Å². The fourth-order valence-corrected chi connectivity index (χ4v) is 2.85. The average Bonchev–Trinajstić information content (AvgIpc) is 2.78. The molecular formula is C14H15BrFNO3. The molecule has 1 aliphatic rings. The highest BCUT2D eigenvalue weighted by molar-refractivity contribution is 9.09. The maximum absolute atomic E-state index is 13.6. The molecule has 0 spiro atoms. The van der Waals surface area contributed by atoms with E-state index < -0.39 is 17.8 Å². The quantitative estimate of drug-likeness (QED) is 0.832. The summed E-state index contributed by atoms with van der Waals surface area (Å²) in [6.07, 6.45) is 0.328. The molecule has 108 valence electrons. The average molecular weight is 344 g/mol. The number of benzene rings is 1. The molecule has 2 rings (SSSR count). The summed E-state index contributed by atoms with van der Waals surface area (Å²) >= 11 is 3.31. The van der Waals surface area contributed by atoms with Crippen LogP contribution in [-0.2, 0) is 16.0 Å². The van der Waals surface area contributed by atoms with E-state index in [1.165, 1.54) is 11.0 Å². The van der Waals surface area contributed by atoms with Crippen molar-refractivity contribution in [2.75, 3.05) is 11.9 Å². The minimum Gasteiger partial charge on any atom is -0.480 e. The predicted molar refractivity (Wildman–Crippen MR) is 75.1 cm³/mol. The molecule has 1 N–H and O–H groups in total. The zero-order chi connectivity index (χ0) is 14.7. The molecule has 6 heteroatoms. The molecule has 1 unspecified atom stereocenters. The van der Waals surface area contributed by atoms with E-state index in [1.54, 1.807) is 18.2 Å². The lowest BCUT2D eigenvalue weighted by Gasteiger charge is -2.24. The van der Waals surface area contributed by atoms with Crippen LogP contribution in [0, 0.1) is 11.7 Å². The van der Waals surface area contributed by atoms with Gasteiger partial charge in [0, 0.05) is 24.7 Å². The van der Waals surface area contributed by atoms with Gasteiger partial charge in [-0.1, -0.05) is 34.1 Å². The molecule has 1 amide bonds. The Morgan fingerprint density at radius 1 is 1.50 bits per heavy atom. The highest BCUT2D eigenvalue weighted by atomic mass is 79.9. The zero-order valence-electron chi connectivity index (χ0n) is 10.8. The first-order chi connectivity index (χ1) is 9.52. The molecule has 1 saturated heterocycles. The molecule has 4 nitrogen and oxygen atoms in total. The minimum absolute atomic E-state index is 0.0112. The Labute approximate surface area is 124 Å². The Balaban J connectivity index is 2.18. The Morgan fingerprint density at radius 3 is 2.75 bits per heavy atom. The number of carbonyl (C=O) groups excluding carboxylic acids is 1. The van der Waals surface area contributed by atoms with Crippen molar-refractivity contribution in [3.05, 3.63) is 35.6 Å². The lowest BCUT2D eigenvalue weighted by molar-refractivity contribution is -0.148. The van der Waals surface area contributed by atoms with Crippen LogP contribution in [0.4, 0.5) is 4.39 Å². The van der Waals surface area contributed by atoms with Gasteiger partial charge in [0.25, 0.3) is 0 Å². The number of halogens is 2. The third-order valence-corrected chi connectivity index (χ3v) is 4.40. The normalized spacial score (nSPS) is 20.2. The largest absolute Gasteiger partial charge is 0.480 e. The summed E-state index contributed by atoms with van der Waals surface area (Å²) in [7, 11) is 0. The maximum Gasteiger partial charge on any atom is 0.326 e. The summed E-state index contributed by atoms with van der Waals surface area (Å²) in [5, 5.41) is 9.99. The highest BCUT2D eigenvalue weighted by Gasteiger charge is 2.37. The van der Waals surface area contributed by atoms with Gasteiger partial charge in [-0.15, -0.1) is 0 Å². The molecule has 1 aromatic carbocycles. The van der Waals surface area contributed by atoms with Gasteiger partial charge in [0.15, 0.2) is 0 Å². The highest BCUT2D eigenvalue weighted by Crippen LogP contribution is 2.24. The van der Waals surface area contributed by atoms with Gasteiger partial charge < -0.3 is 10.0 Å². The van der Waals surface area contributed by atoms with Crippen molar-refractivity contribution >= 4 is 27.8 Å². The topological polar surface area (TPSA) is 57.6 Å². The fraction of sp³-hybridized carbons (Fsp3) is 0.429. The van der Waals surface area contributed by atoms with E-state index in [0.717, 1.165) is 0 Å².